The summed E-state index contributed by atoms with van der Waals surface area (Å²) in [4.78, 5) is 2.31. The van der Waals surface area contributed by atoms with Crippen LogP contribution in [0.15, 0.2) is 24.3 Å². The minimum absolute atomic E-state index is 0.189. The highest BCUT2D eigenvalue weighted by molar-refractivity contribution is 5.21. The Bertz CT molecular complexity index is 413. The molecule has 1 heterocycles. The van der Waals surface area contributed by atoms with Crippen molar-refractivity contribution in [2.75, 3.05) is 26.2 Å². The number of hydrogen-bond donors (Lipinski definition) is 2. The van der Waals surface area contributed by atoms with Crippen molar-refractivity contribution in [2.45, 2.75) is 19.4 Å². The molecule has 1 aromatic rings. The molecule has 0 aromatic heterocycles. The van der Waals surface area contributed by atoms with Gasteiger partial charge >= 0.3 is 0 Å². The number of likely N-dealkylation sites (tertiary alicyclic amines) is 1. The fourth-order valence-corrected chi connectivity index (χ4v) is 2.80. The Balaban J connectivity index is 1.93. The van der Waals surface area contributed by atoms with Crippen molar-refractivity contribution in [3.05, 3.63) is 35.6 Å². The molecular weight excluding hydrogens is 243 g/mol. The second kappa shape index (κ2) is 6.46. The first-order valence-electron chi connectivity index (χ1n) is 6.95. The minimum Gasteiger partial charge on any atom is -0.396 e. The number of rotatable bonds is 5. The second-order valence-electron chi connectivity index (χ2n) is 5.62. The molecule has 1 aliphatic rings. The zero-order valence-electron chi connectivity index (χ0n) is 11.4. The lowest BCUT2D eigenvalue weighted by Gasteiger charge is -2.26. The van der Waals surface area contributed by atoms with Crippen LogP contribution in [0.4, 0.5) is 4.39 Å². The topological polar surface area (TPSA) is 49.5 Å². The maximum absolute atomic E-state index is 13.7. The number of aliphatic hydroxyl groups is 1. The van der Waals surface area contributed by atoms with Crippen LogP contribution in [0, 0.1) is 17.7 Å². The van der Waals surface area contributed by atoms with E-state index in [2.05, 4.69) is 11.8 Å². The normalized spacial score (nSPS) is 23.5. The molecule has 2 rings (SSSR count). The van der Waals surface area contributed by atoms with E-state index in [9.17, 15) is 4.39 Å². The number of nitrogens with zero attached hydrogens (tertiary/aromatic N) is 1. The van der Waals surface area contributed by atoms with Crippen molar-refractivity contribution in [3.8, 4) is 0 Å². The number of benzene rings is 1. The zero-order valence-corrected chi connectivity index (χ0v) is 11.4. The van der Waals surface area contributed by atoms with E-state index in [1.807, 2.05) is 6.07 Å². The molecule has 1 aromatic carbocycles. The third kappa shape index (κ3) is 3.53. The molecule has 1 aliphatic heterocycles. The molecule has 3 atom stereocenters. The van der Waals surface area contributed by atoms with Crippen LogP contribution in [-0.4, -0.2) is 36.2 Å². The van der Waals surface area contributed by atoms with Crippen LogP contribution in [0.1, 0.15) is 24.9 Å². The van der Waals surface area contributed by atoms with Gasteiger partial charge in [0.1, 0.15) is 5.82 Å². The van der Waals surface area contributed by atoms with Gasteiger partial charge in [-0.05, 0) is 30.9 Å². The molecule has 0 bridgehead atoms. The molecule has 0 saturated carbocycles. The number of halogens is 1. The van der Waals surface area contributed by atoms with E-state index in [0.29, 0.717) is 11.5 Å². The van der Waals surface area contributed by atoms with Crippen molar-refractivity contribution in [1.82, 2.24) is 4.90 Å². The zero-order chi connectivity index (χ0) is 13.8. The lowest BCUT2D eigenvalue weighted by molar-refractivity contribution is 0.209. The van der Waals surface area contributed by atoms with Crippen LogP contribution in [-0.2, 0) is 0 Å². The third-order valence-corrected chi connectivity index (χ3v) is 4.05. The van der Waals surface area contributed by atoms with Gasteiger partial charge in [0.2, 0.25) is 0 Å². The number of hydrogen-bond acceptors (Lipinski definition) is 3. The Labute approximate surface area is 114 Å². The van der Waals surface area contributed by atoms with Crippen molar-refractivity contribution in [1.29, 1.82) is 0 Å². The van der Waals surface area contributed by atoms with Gasteiger partial charge in [-0.2, -0.15) is 0 Å². The van der Waals surface area contributed by atoms with E-state index in [4.69, 9.17) is 10.8 Å². The van der Waals surface area contributed by atoms with Crippen LogP contribution >= 0.6 is 0 Å². The molecule has 0 aliphatic carbocycles. The Hall–Kier alpha value is -0.970. The highest BCUT2D eigenvalue weighted by Gasteiger charge is 2.26. The quantitative estimate of drug-likeness (QED) is 0.854. The minimum atomic E-state index is -0.283. The molecule has 106 valence electrons. The predicted octanol–water partition coefficient (Wildman–Crippen LogP) is 1.78. The molecule has 1 fully saturated rings. The van der Waals surface area contributed by atoms with Crippen molar-refractivity contribution >= 4 is 0 Å². The Morgan fingerprint density at radius 3 is 2.84 bits per heavy atom. The van der Waals surface area contributed by atoms with Gasteiger partial charge in [0.15, 0.2) is 0 Å². The van der Waals surface area contributed by atoms with Crippen LogP contribution in [0.3, 0.4) is 0 Å². The van der Waals surface area contributed by atoms with Gasteiger partial charge in [-0.15, -0.1) is 0 Å². The smallest absolute Gasteiger partial charge is 0.127 e. The summed E-state index contributed by atoms with van der Waals surface area (Å²) in [5.41, 5.74) is 6.76. The summed E-state index contributed by atoms with van der Waals surface area (Å²) in [6.07, 6.45) is 1.04. The summed E-state index contributed by atoms with van der Waals surface area (Å²) >= 11 is 0. The first-order valence-corrected chi connectivity index (χ1v) is 6.95. The van der Waals surface area contributed by atoms with E-state index in [0.717, 1.165) is 26.1 Å². The number of aliphatic hydroxyl groups excluding tert-OH is 1. The average molecular weight is 266 g/mol. The maximum atomic E-state index is 13.7. The fourth-order valence-electron chi connectivity index (χ4n) is 2.80. The van der Waals surface area contributed by atoms with Gasteiger partial charge in [0, 0.05) is 31.3 Å². The van der Waals surface area contributed by atoms with Gasteiger partial charge < -0.3 is 15.7 Å². The van der Waals surface area contributed by atoms with Gasteiger partial charge in [-0.1, -0.05) is 25.1 Å². The van der Waals surface area contributed by atoms with E-state index in [-0.39, 0.29) is 24.4 Å². The largest absolute Gasteiger partial charge is 0.396 e. The Kier molecular flexibility index (Phi) is 4.91. The molecule has 3 unspecified atom stereocenters. The van der Waals surface area contributed by atoms with Crippen LogP contribution in [0.5, 0.6) is 0 Å². The standard InChI is InChI=1S/C15H23FN2O/c1-11(8-18-7-6-12(9-18)10-19)15(17)13-4-2-3-5-14(13)16/h2-5,11-12,15,19H,6-10,17H2,1H3. The monoisotopic (exact) mass is 266 g/mol. The van der Waals surface area contributed by atoms with E-state index < -0.39 is 0 Å². The Morgan fingerprint density at radius 1 is 1.47 bits per heavy atom. The molecule has 3 N–H and O–H groups in total. The lowest BCUT2D eigenvalue weighted by Crippen LogP contribution is -2.32. The lowest BCUT2D eigenvalue weighted by atomic mass is 9.94. The summed E-state index contributed by atoms with van der Waals surface area (Å²) in [5, 5.41) is 9.14. The van der Waals surface area contributed by atoms with Crippen molar-refractivity contribution < 1.29 is 9.50 Å². The van der Waals surface area contributed by atoms with Crippen molar-refractivity contribution in [3.63, 3.8) is 0 Å². The molecule has 3 nitrogen and oxygen atoms in total. The highest BCUT2D eigenvalue weighted by atomic mass is 19.1. The van der Waals surface area contributed by atoms with Gasteiger partial charge in [-0.3, -0.25) is 0 Å². The molecule has 19 heavy (non-hydrogen) atoms. The summed E-state index contributed by atoms with van der Waals surface area (Å²) in [5.74, 6) is 0.350. The Morgan fingerprint density at radius 2 is 2.21 bits per heavy atom. The fraction of sp³-hybridized carbons (Fsp3) is 0.600. The van der Waals surface area contributed by atoms with Crippen LogP contribution < -0.4 is 5.73 Å². The summed E-state index contributed by atoms with van der Waals surface area (Å²) in [7, 11) is 0. The molecule has 1 saturated heterocycles. The van der Waals surface area contributed by atoms with Gasteiger partial charge in [0.25, 0.3) is 0 Å². The molecule has 0 amide bonds. The first-order chi connectivity index (χ1) is 9.11. The molecular formula is C15H23FN2O. The molecule has 0 spiro atoms. The summed E-state index contributed by atoms with van der Waals surface area (Å²) in [6.45, 7) is 5.09. The van der Waals surface area contributed by atoms with E-state index >= 15 is 0 Å². The maximum Gasteiger partial charge on any atom is 0.127 e. The highest BCUT2D eigenvalue weighted by Crippen LogP contribution is 2.25. The second-order valence-corrected chi connectivity index (χ2v) is 5.62. The van der Waals surface area contributed by atoms with Gasteiger partial charge in [0.05, 0.1) is 0 Å². The average Bonchev–Trinajstić information content (AvgIpc) is 2.86. The van der Waals surface area contributed by atoms with Gasteiger partial charge in [-0.25, -0.2) is 4.39 Å². The number of nitrogens with two attached hydrogens (primary N) is 1. The summed E-state index contributed by atoms with van der Waals surface area (Å²) in [6, 6.07) is 6.44. The van der Waals surface area contributed by atoms with Crippen molar-refractivity contribution in [2.24, 2.45) is 17.6 Å². The SMILES string of the molecule is CC(CN1CCC(CO)C1)C(N)c1ccccc1F. The van der Waals surface area contributed by atoms with E-state index in [1.54, 1.807) is 12.1 Å². The summed E-state index contributed by atoms with van der Waals surface area (Å²) < 4.78 is 13.7. The molecule has 4 heteroatoms. The molecule has 0 radical (unpaired) electrons. The van der Waals surface area contributed by atoms with Crippen LogP contribution in [0.2, 0.25) is 0 Å². The van der Waals surface area contributed by atoms with E-state index in [1.165, 1.54) is 6.07 Å². The third-order valence-electron chi connectivity index (χ3n) is 4.05. The van der Waals surface area contributed by atoms with Crippen LogP contribution in [0.25, 0.3) is 0 Å². The predicted molar refractivity (Wildman–Crippen MR) is 74.1 cm³/mol. The first kappa shape index (κ1) is 14.4.